The smallest absolute Gasteiger partial charge is 0.239 e. The minimum atomic E-state index is -0.291. The number of rotatable bonds is 6. The Morgan fingerprint density at radius 2 is 1.76 bits per heavy atom. The van der Waals surface area contributed by atoms with Crippen LogP contribution in [0.5, 0.6) is 5.75 Å². The van der Waals surface area contributed by atoms with Gasteiger partial charge in [0.25, 0.3) is 0 Å². The number of piperidine rings is 1. The largest absolute Gasteiger partial charge is 0.506 e. The number of halogens is 2. The number of phenols is 1. The average molecular weight is 516 g/mol. The second-order valence-electron chi connectivity index (χ2n) is 9.53. The predicted octanol–water partition coefficient (Wildman–Crippen LogP) is 4.84. The van der Waals surface area contributed by atoms with Crippen LogP contribution < -0.4 is 5.32 Å². The maximum Gasteiger partial charge on any atom is 0.239 e. The SMILES string of the molecule is C.CC(C)[C@@H](NCc1ccc(Cl)c(O)c1)C(=O)N1CC[C@H](c2ccc(Cl)cc2)C(C)(C)C1.O.O. The van der Waals surface area contributed by atoms with Gasteiger partial charge in [-0.3, -0.25) is 4.79 Å². The Labute approximate surface area is 213 Å². The molecule has 2 atom stereocenters. The number of aromatic hydroxyl groups is 1. The molecule has 0 spiro atoms. The molecule has 1 aliphatic rings. The van der Waals surface area contributed by atoms with E-state index in [0.29, 0.717) is 24.0 Å². The molecular formula is C26H40Cl2N2O4. The number of benzene rings is 2. The summed E-state index contributed by atoms with van der Waals surface area (Å²) in [4.78, 5) is 15.4. The molecule has 1 amide bonds. The molecule has 6 N–H and O–H groups in total. The molecule has 2 aromatic carbocycles. The third-order valence-electron chi connectivity index (χ3n) is 6.28. The Balaban J connectivity index is 0.00000363. The summed E-state index contributed by atoms with van der Waals surface area (Å²) in [6.07, 6.45) is 0.927. The number of carbonyl (C=O) groups is 1. The van der Waals surface area contributed by atoms with Gasteiger partial charge in [0, 0.05) is 24.7 Å². The zero-order valence-corrected chi connectivity index (χ0v) is 21.2. The quantitative estimate of drug-likeness (QED) is 0.573. The van der Waals surface area contributed by atoms with Gasteiger partial charge in [0.1, 0.15) is 5.75 Å². The van der Waals surface area contributed by atoms with Gasteiger partial charge in [0.15, 0.2) is 0 Å². The van der Waals surface area contributed by atoms with E-state index in [-0.39, 0.29) is 47.4 Å². The molecule has 0 aliphatic carbocycles. The highest BCUT2D eigenvalue weighted by molar-refractivity contribution is 6.32. The van der Waals surface area contributed by atoms with Crippen LogP contribution in [0.1, 0.15) is 58.6 Å². The van der Waals surface area contributed by atoms with Crippen molar-refractivity contribution >= 4 is 29.1 Å². The first kappa shape index (κ1) is 32.2. The highest BCUT2D eigenvalue weighted by atomic mass is 35.5. The summed E-state index contributed by atoms with van der Waals surface area (Å²) >= 11 is 12.0. The van der Waals surface area contributed by atoms with Gasteiger partial charge in [0.05, 0.1) is 11.1 Å². The number of carbonyl (C=O) groups excluding carboxylic acids is 1. The van der Waals surface area contributed by atoms with Gasteiger partial charge >= 0.3 is 0 Å². The second-order valence-corrected chi connectivity index (χ2v) is 10.4. The van der Waals surface area contributed by atoms with Crippen LogP contribution in [0.25, 0.3) is 0 Å². The summed E-state index contributed by atoms with van der Waals surface area (Å²) in [5, 5.41) is 14.3. The first-order chi connectivity index (χ1) is 14.6. The molecule has 8 heteroatoms. The molecule has 1 aliphatic heterocycles. The lowest BCUT2D eigenvalue weighted by molar-refractivity contribution is -0.138. The van der Waals surface area contributed by atoms with Crippen molar-refractivity contribution in [2.24, 2.45) is 11.3 Å². The number of hydrogen-bond donors (Lipinski definition) is 2. The monoisotopic (exact) mass is 514 g/mol. The number of nitrogens with one attached hydrogen (secondary N) is 1. The molecule has 0 unspecified atom stereocenters. The van der Waals surface area contributed by atoms with Crippen LogP contribution >= 0.6 is 23.2 Å². The molecule has 0 aromatic heterocycles. The molecule has 0 bridgehead atoms. The zero-order chi connectivity index (χ0) is 22.8. The van der Waals surface area contributed by atoms with Crippen LogP contribution in [0, 0.1) is 11.3 Å². The summed E-state index contributed by atoms with van der Waals surface area (Å²) in [5.74, 6) is 0.719. The van der Waals surface area contributed by atoms with Crippen molar-refractivity contribution in [1.82, 2.24) is 10.2 Å². The van der Waals surface area contributed by atoms with E-state index in [1.807, 2.05) is 23.1 Å². The molecule has 34 heavy (non-hydrogen) atoms. The Morgan fingerprint density at radius 3 is 2.29 bits per heavy atom. The number of nitrogens with zero attached hydrogens (tertiary/aromatic N) is 1. The molecular weight excluding hydrogens is 475 g/mol. The molecule has 6 nitrogen and oxygen atoms in total. The van der Waals surface area contributed by atoms with Crippen molar-refractivity contribution < 1.29 is 20.9 Å². The Bertz CT molecular complexity index is 920. The van der Waals surface area contributed by atoms with Crippen molar-refractivity contribution in [1.29, 1.82) is 0 Å². The molecule has 3 rings (SSSR count). The number of likely N-dealkylation sites (tertiary alicyclic amines) is 1. The molecule has 0 saturated carbocycles. The lowest BCUT2D eigenvalue weighted by Crippen LogP contribution is -2.54. The third kappa shape index (κ3) is 7.59. The Hall–Kier alpha value is -1.83. The topological polar surface area (TPSA) is 116 Å². The average Bonchev–Trinajstić information content (AvgIpc) is 2.70. The van der Waals surface area contributed by atoms with Gasteiger partial charge in [-0.15, -0.1) is 0 Å². The predicted molar refractivity (Wildman–Crippen MR) is 142 cm³/mol. The Kier molecular flexibility index (Phi) is 12.6. The number of hydrogen-bond acceptors (Lipinski definition) is 3. The first-order valence-electron chi connectivity index (χ1n) is 10.8. The Morgan fingerprint density at radius 1 is 1.15 bits per heavy atom. The van der Waals surface area contributed by atoms with Gasteiger partial charge in [-0.2, -0.15) is 0 Å². The fourth-order valence-corrected chi connectivity index (χ4v) is 4.80. The van der Waals surface area contributed by atoms with Crippen molar-refractivity contribution in [3.8, 4) is 5.75 Å². The van der Waals surface area contributed by atoms with Gasteiger partial charge < -0.3 is 26.3 Å². The maximum absolute atomic E-state index is 13.4. The lowest BCUT2D eigenvalue weighted by atomic mass is 9.70. The van der Waals surface area contributed by atoms with E-state index < -0.39 is 0 Å². The minimum Gasteiger partial charge on any atom is -0.506 e. The minimum absolute atomic E-state index is 0. The fraction of sp³-hybridized carbons (Fsp3) is 0.500. The molecule has 1 saturated heterocycles. The van der Waals surface area contributed by atoms with Crippen molar-refractivity contribution in [3.05, 3.63) is 63.6 Å². The summed E-state index contributed by atoms with van der Waals surface area (Å²) in [6.45, 7) is 10.5. The summed E-state index contributed by atoms with van der Waals surface area (Å²) < 4.78 is 0. The summed E-state index contributed by atoms with van der Waals surface area (Å²) in [7, 11) is 0. The van der Waals surface area contributed by atoms with Gasteiger partial charge in [-0.05, 0) is 59.1 Å². The van der Waals surface area contributed by atoms with Crippen molar-refractivity contribution in [2.75, 3.05) is 13.1 Å². The van der Waals surface area contributed by atoms with Gasteiger partial charge in [0.2, 0.25) is 5.91 Å². The maximum atomic E-state index is 13.4. The standard InChI is InChI=1S/C25H32Cl2N2O2.CH4.2H2O/c1-16(2)23(28-14-17-5-10-21(27)22(30)13-17)24(31)29-12-11-20(25(3,4)15-29)18-6-8-19(26)9-7-18;;;/h5-10,13,16,20,23,28,30H,11-12,14-15H2,1-4H3;1H4;2*1H2/t20-,23-;;;/m1.../s1. The van der Waals surface area contributed by atoms with Crippen LogP contribution in [0.4, 0.5) is 0 Å². The van der Waals surface area contributed by atoms with Crippen LogP contribution in [0.3, 0.4) is 0 Å². The number of amides is 1. The zero-order valence-electron chi connectivity index (χ0n) is 19.7. The van der Waals surface area contributed by atoms with Crippen LogP contribution in [-0.4, -0.2) is 46.0 Å². The van der Waals surface area contributed by atoms with E-state index in [1.165, 1.54) is 5.56 Å². The molecule has 192 valence electrons. The molecule has 1 fully saturated rings. The second kappa shape index (κ2) is 13.3. The lowest BCUT2D eigenvalue weighted by Gasteiger charge is -2.46. The van der Waals surface area contributed by atoms with E-state index in [4.69, 9.17) is 23.2 Å². The van der Waals surface area contributed by atoms with E-state index >= 15 is 0 Å². The van der Waals surface area contributed by atoms with E-state index in [2.05, 4.69) is 45.1 Å². The van der Waals surface area contributed by atoms with E-state index in [9.17, 15) is 9.90 Å². The molecule has 1 heterocycles. The van der Waals surface area contributed by atoms with Gasteiger partial charge in [-0.1, -0.05) is 76.5 Å². The van der Waals surface area contributed by atoms with Crippen molar-refractivity contribution in [2.45, 2.75) is 60.0 Å². The normalized spacial score (nSPS) is 17.7. The molecule has 0 radical (unpaired) electrons. The summed E-state index contributed by atoms with van der Waals surface area (Å²) in [5.41, 5.74) is 2.13. The van der Waals surface area contributed by atoms with Crippen LogP contribution in [-0.2, 0) is 11.3 Å². The van der Waals surface area contributed by atoms with Crippen LogP contribution in [0.2, 0.25) is 10.0 Å². The van der Waals surface area contributed by atoms with E-state index in [1.54, 1.807) is 12.1 Å². The first-order valence-corrected chi connectivity index (χ1v) is 11.6. The summed E-state index contributed by atoms with van der Waals surface area (Å²) in [6, 6.07) is 13.0. The van der Waals surface area contributed by atoms with Crippen LogP contribution in [0.15, 0.2) is 42.5 Å². The number of phenolic OH excluding ortho intramolecular Hbond substituents is 1. The van der Waals surface area contributed by atoms with Gasteiger partial charge in [-0.25, -0.2) is 0 Å². The fourth-order valence-electron chi connectivity index (χ4n) is 4.56. The third-order valence-corrected chi connectivity index (χ3v) is 6.85. The van der Waals surface area contributed by atoms with Crippen molar-refractivity contribution in [3.63, 3.8) is 0 Å². The highest BCUT2D eigenvalue weighted by Gasteiger charge is 2.40. The van der Waals surface area contributed by atoms with E-state index in [0.717, 1.165) is 23.6 Å². The molecule has 2 aromatic rings. The highest BCUT2D eigenvalue weighted by Crippen LogP contribution is 2.42.